The second-order valence-electron chi connectivity index (χ2n) is 4.74. The van der Waals surface area contributed by atoms with Crippen molar-refractivity contribution in [3.05, 3.63) is 21.8 Å². The molecule has 0 saturated carbocycles. The summed E-state index contributed by atoms with van der Waals surface area (Å²) in [5.74, 6) is 0.800. The maximum Gasteiger partial charge on any atom is 0.145 e. The molecule has 1 aromatic heterocycles. The molecule has 2 heterocycles. The van der Waals surface area contributed by atoms with Crippen LogP contribution in [0.15, 0.2) is 16.7 Å². The van der Waals surface area contributed by atoms with Crippen LogP contribution in [-0.2, 0) is 0 Å². The molecule has 100 valence electrons. The molecule has 2 rings (SSSR count). The Morgan fingerprint density at radius 2 is 2.22 bits per heavy atom. The molecular formula is C13H19BrClN3. The number of aromatic nitrogens is 1. The predicted octanol–water partition coefficient (Wildman–Crippen LogP) is 3.78. The first-order valence-electron chi connectivity index (χ1n) is 6.49. The lowest BCUT2D eigenvalue weighted by Crippen LogP contribution is -2.39. The normalized spacial score (nSPS) is 17.9. The molecule has 0 aromatic carbocycles. The molecular weight excluding hydrogens is 314 g/mol. The minimum absolute atomic E-state index is 0.490. The van der Waals surface area contributed by atoms with Gasteiger partial charge >= 0.3 is 0 Å². The zero-order chi connectivity index (χ0) is 13.0. The number of rotatable bonds is 4. The van der Waals surface area contributed by atoms with Gasteiger partial charge in [0, 0.05) is 29.8 Å². The first kappa shape index (κ1) is 14.1. The van der Waals surface area contributed by atoms with Crippen molar-refractivity contribution in [1.82, 2.24) is 9.88 Å². The van der Waals surface area contributed by atoms with Crippen molar-refractivity contribution in [2.24, 2.45) is 0 Å². The number of nitrogens with one attached hydrogen (secondary N) is 1. The van der Waals surface area contributed by atoms with Crippen molar-refractivity contribution in [2.45, 2.75) is 32.2 Å². The maximum absolute atomic E-state index is 6.16. The fourth-order valence-corrected chi connectivity index (χ4v) is 3.02. The van der Waals surface area contributed by atoms with Crippen LogP contribution < -0.4 is 5.32 Å². The zero-order valence-electron chi connectivity index (χ0n) is 10.6. The van der Waals surface area contributed by atoms with E-state index in [-0.39, 0.29) is 0 Å². The monoisotopic (exact) mass is 331 g/mol. The molecule has 1 aliphatic heterocycles. The zero-order valence-corrected chi connectivity index (χ0v) is 13.0. The van der Waals surface area contributed by atoms with Gasteiger partial charge in [-0.15, -0.1) is 0 Å². The van der Waals surface area contributed by atoms with Crippen molar-refractivity contribution >= 4 is 33.3 Å². The Morgan fingerprint density at radius 1 is 1.50 bits per heavy atom. The summed E-state index contributed by atoms with van der Waals surface area (Å²) in [4.78, 5) is 6.85. The van der Waals surface area contributed by atoms with Crippen molar-refractivity contribution in [3.63, 3.8) is 0 Å². The fourth-order valence-electron chi connectivity index (χ4n) is 2.33. The number of hydrogen-bond acceptors (Lipinski definition) is 3. The largest absolute Gasteiger partial charge is 0.366 e. The van der Waals surface area contributed by atoms with Gasteiger partial charge in [0.05, 0.1) is 5.02 Å². The molecule has 18 heavy (non-hydrogen) atoms. The molecule has 3 nitrogen and oxygen atoms in total. The van der Waals surface area contributed by atoms with Gasteiger partial charge in [-0.05, 0) is 47.8 Å². The summed E-state index contributed by atoms with van der Waals surface area (Å²) < 4.78 is 0.913. The standard InChI is InChI=1S/C13H19BrClN3/c1-2-5-18-6-3-11(4-7-18)17-13-12(15)8-10(14)9-16-13/h8-9,11H,2-7H2,1H3,(H,16,17). The predicted molar refractivity (Wildman–Crippen MR) is 80.3 cm³/mol. The number of anilines is 1. The fraction of sp³-hybridized carbons (Fsp3) is 0.615. The lowest BCUT2D eigenvalue weighted by Gasteiger charge is -2.32. The lowest BCUT2D eigenvalue weighted by molar-refractivity contribution is 0.219. The average molecular weight is 333 g/mol. The van der Waals surface area contributed by atoms with E-state index in [1.807, 2.05) is 6.07 Å². The average Bonchev–Trinajstić information content (AvgIpc) is 2.35. The van der Waals surface area contributed by atoms with Gasteiger partial charge in [-0.2, -0.15) is 0 Å². The third-order valence-corrected chi connectivity index (χ3v) is 4.00. The number of likely N-dealkylation sites (tertiary alicyclic amines) is 1. The minimum Gasteiger partial charge on any atom is -0.366 e. The SMILES string of the molecule is CCCN1CCC(Nc2ncc(Br)cc2Cl)CC1. The first-order chi connectivity index (χ1) is 8.69. The van der Waals surface area contributed by atoms with E-state index in [0.717, 1.165) is 23.1 Å². The summed E-state index contributed by atoms with van der Waals surface area (Å²) in [5, 5.41) is 4.13. The van der Waals surface area contributed by atoms with E-state index in [2.05, 4.69) is 38.1 Å². The van der Waals surface area contributed by atoms with Crippen LogP contribution in [-0.4, -0.2) is 35.6 Å². The first-order valence-corrected chi connectivity index (χ1v) is 7.66. The number of pyridine rings is 1. The molecule has 0 radical (unpaired) electrons. The van der Waals surface area contributed by atoms with Crippen LogP contribution >= 0.6 is 27.5 Å². The number of nitrogens with zero attached hydrogens (tertiary/aromatic N) is 2. The van der Waals surface area contributed by atoms with Crippen LogP contribution in [0.1, 0.15) is 26.2 Å². The maximum atomic E-state index is 6.16. The molecule has 0 atom stereocenters. The van der Waals surface area contributed by atoms with Gasteiger partial charge in [0.15, 0.2) is 0 Å². The van der Waals surface area contributed by atoms with Crippen molar-refractivity contribution in [1.29, 1.82) is 0 Å². The number of halogens is 2. The summed E-state index contributed by atoms with van der Waals surface area (Å²) in [6.07, 6.45) is 5.33. The van der Waals surface area contributed by atoms with Crippen molar-refractivity contribution in [2.75, 3.05) is 25.0 Å². The Balaban J connectivity index is 1.87. The third-order valence-electron chi connectivity index (χ3n) is 3.28. The quantitative estimate of drug-likeness (QED) is 0.909. The van der Waals surface area contributed by atoms with E-state index in [1.165, 1.54) is 26.1 Å². The Labute approximate surface area is 122 Å². The molecule has 0 bridgehead atoms. The molecule has 5 heteroatoms. The van der Waals surface area contributed by atoms with Gasteiger partial charge in [-0.25, -0.2) is 4.98 Å². The summed E-state index contributed by atoms with van der Waals surface area (Å²) >= 11 is 9.53. The highest BCUT2D eigenvalue weighted by Crippen LogP contribution is 2.25. The van der Waals surface area contributed by atoms with Gasteiger partial charge in [0.2, 0.25) is 0 Å². The molecule has 1 fully saturated rings. The second-order valence-corrected chi connectivity index (χ2v) is 6.07. The molecule has 1 aliphatic rings. The van der Waals surface area contributed by atoms with E-state index in [0.29, 0.717) is 11.1 Å². The number of hydrogen-bond donors (Lipinski definition) is 1. The van der Waals surface area contributed by atoms with E-state index in [9.17, 15) is 0 Å². The van der Waals surface area contributed by atoms with Gasteiger partial charge < -0.3 is 10.2 Å². The minimum atomic E-state index is 0.490. The van der Waals surface area contributed by atoms with E-state index < -0.39 is 0 Å². The molecule has 1 N–H and O–H groups in total. The second kappa shape index (κ2) is 6.73. The highest BCUT2D eigenvalue weighted by Gasteiger charge is 2.19. The molecule has 0 aliphatic carbocycles. The molecule has 0 unspecified atom stereocenters. The summed E-state index contributed by atoms with van der Waals surface area (Å²) in [6, 6.07) is 2.37. The Morgan fingerprint density at radius 3 is 2.83 bits per heavy atom. The molecule has 1 saturated heterocycles. The Kier molecular flexibility index (Phi) is 5.27. The summed E-state index contributed by atoms with van der Waals surface area (Å²) in [7, 11) is 0. The van der Waals surface area contributed by atoms with Gasteiger partial charge in [-0.3, -0.25) is 0 Å². The van der Waals surface area contributed by atoms with Crippen molar-refractivity contribution < 1.29 is 0 Å². The smallest absolute Gasteiger partial charge is 0.145 e. The van der Waals surface area contributed by atoms with Crippen LogP contribution in [0.3, 0.4) is 0 Å². The van der Waals surface area contributed by atoms with Crippen LogP contribution in [0.4, 0.5) is 5.82 Å². The topological polar surface area (TPSA) is 28.2 Å². The summed E-state index contributed by atoms with van der Waals surface area (Å²) in [6.45, 7) is 5.78. The van der Waals surface area contributed by atoms with Crippen LogP contribution in [0.2, 0.25) is 5.02 Å². The Bertz CT molecular complexity index is 392. The van der Waals surface area contributed by atoms with Crippen LogP contribution in [0, 0.1) is 0 Å². The van der Waals surface area contributed by atoms with Gasteiger partial charge in [-0.1, -0.05) is 18.5 Å². The molecule has 0 amide bonds. The highest BCUT2D eigenvalue weighted by atomic mass is 79.9. The van der Waals surface area contributed by atoms with Crippen molar-refractivity contribution in [3.8, 4) is 0 Å². The van der Waals surface area contributed by atoms with Crippen LogP contribution in [0.5, 0.6) is 0 Å². The lowest BCUT2D eigenvalue weighted by atomic mass is 10.0. The van der Waals surface area contributed by atoms with Gasteiger partial charge in [0.25, 0.3) is 0 Å². The van der Waals surface area contributed by atoms with E-state index in [1.54, 1.807) is 6.20 Å². The molecule has 1 aromatic rings. The van der Waals surface area contributed by atoms with E-state index >= 15 is 0 Å². The highest BCUT2D eigenvalue weighted by molar-refractivity contribution is 9.10. The third kappa shape index (κ3) is 3.84. The Hall–Kier alpha value is -0.320. The summed E-state index contributed by atoms with van der Waals surface area (Å²) in [5.41, 5.74) is 0. The van der Waals surface area contributed by atoms with Gasteiger partial charge in [0.1, 0.15) is 5.82 Å². The van der Waals surface area contributed by atoms with Crippen LogP contribution in [0.25, 0.3) is 0 Å². The molecule has 0 spiro atoms. The number of piperidine rings is 1. The van der Waals surface area contributed by atoms with E-state index in [4.69, 9.17) is 11.6 Å².